The van der Waals surface area contributed by atoms with E-state index in [0.29, 0.717) is 23.8 Å². The van der Waals surface area contributed by atoms with Crippen molar-refractivity contribution in [3.8, 4) is 11.5 Å². The molecule has 0 unspecified atom stereocenters. The third kappa shape index (κ3) is 6.25. The number of nitrogens with two attached hydrogens (primary N) is 1. The number of carbonyl (C=O) groups excluding carboxylic acids is 1. The molecule has 0 aromatic carbocycles. The van der Waals surface area contributed by atoms with Gasteiger partial charge in [0, 0.05) is 50.2 Å². The second-order valence-corrected chi connectivity index (χ2v) is 9.93. The SMILES string of the molecule is NC(=O)c1coc(-c2ccnc(N(CC(F)(F)F)c3cn(C4CCC(N5CCNCC5)CC4)nc3C(F)F)c2)n1. The Morgan fingerprint density at radius 3 is 2.50 bits per heavy atom. The highest BCUT2D eigenvalue weighted by atomic mass is 19.4. The van der Waals surface area contributed by atoms with Gasteiger partial charge in [-0.15, -0.1) is 0 Å². The van der Waals surface area contributed by atoms with Gasteiger partial charge < -0.3 is 20.4 Å². The molecule has 15 heteroatoms. The first-order valence-corrected chi connectivity index (χ1v) is 13.0. The first-order valence-electron chi connectivity index (χ1n) is 13.0. The minimum absolute atomic E-state index is 0.0876. The lowest BCUT2D eigenvalue weighted by Crippen LogP contribution is -2.49. The number of pyridine rings is 1. The number of aromatic nitrogens is 4. The number of alkyl halides is 5. The van der Waals surface area contributed by atoms with Crippen LogP contribution in [-0.4, -0.2) is 75.5 Å². The molecule has 3 aromatic rings. The van der Waals surface area contributed by atoms with Gasteiger partial charge in [-0.05, 0) is 37.8 Å². The molecule has 10 nitrogen and oxygen atoms in total. The van der Waals surface area contributed by atoms with E-state index in [1.807, 2.05) is 0 Å². The first kappa shape index (κ1) is 28.0. The highest BCUT2D eigenvalue weighted by molar-refractivity contribution is 5.90. The third-order valence-corrected chi connectivity index (χ3v) is 7.31. The van der Waals surface area contributed by atoms with E-state index in [1.54, 1.807) is 0 Å². The van der Waals surface area contributed by atoms with Crippen molar-refractivity contribution in [2.45, 2.75) is 50.4 Å². The number of hydrogen-bond donors (Lipinski definition) is 2. The summed E-state index contributed by atoms with van der Waals surface area (Å²) in [6.07, 6.45) is -1.33. The third-order valence-electron chi connectivity index (χ3n) is 7.31. The summed E-state index contributed by atoms with van der Waals surface area (Å²) in [6.45, 7) is 2.17. The van der Waals surface area contributed by atoms with Crippen LogP contribution in [-0.2, 0) is 0 Å². The summed E-state index contributed by atoms with van der Waals surface area (Å²) in [5.74, 6) is -1.20. The maximum Gasteiger partial charge on any atom is 0.406 e. The van der Waals surface area contributed by atoms with E-state index in [2.05, 4.69) is 25.3 Å². The van der Waals surface area contributed by atoms with Crippen LogP contribution in [0.3, 0.4) is 0 Å². The van der Waals surface area contributed by atoms with Crippen molar-refractivity contribution in [3.05, 3.63) is 42.2 Å². The summed E-state index contributed by atoms with van der Waals surface area (Å²) in [5, 5.41) is 7.40. The monoisotopic (exact) mass is 568 g/mol. The molecule has 216 valence electrons. The number of amides is 1. The molecule has 4 heterocycles. The predicted molar refractivity (Wildman–Crippen MR) is 134 cm³/mol. The van der Waals surface area contributed by atoms with E-state index < -0.39 is 30.7 Å². The Morgan fingerprint density at radius 2 is 1.88 bits per heavy atom. The average Bonchev–Trinajstić information content (AvgIpc) is 3.61. The molecule has 1 saturated carbocycles. The van der Waals surface area contributed by atoms with Crippen LogP contribution in [0.2, 0.25) is 0 Å². The molecule has 2 fully saturated rings. The van der Waals surface area contributed by atoms with Crippen LogP contribution in [0, 0.1) is 0 Å². The number of anilines is 2. The summed E-state index contributed by atoms with van der Waals surface area (Å²) < 4.78 is 76.1. The quantitative estimate of drug-likeness (QED) is 0.391. The number of nitrogens with one attached hydrogen (secondary N) is 1. The Hall–Kier alpha value is -3.59. The molecule has 3 N–H and O–H groups in total. The Bertz CT molecular complexity index is 1310. The van der Waals surface area contributed by atoms with Gasteiger partial charge in [0.1, 0.15) is 18.6 Å². The van der Waals surface area contributed by atoms with Crippen molar-refractivity contribution >= 4 is 17.4 Å². The van der Waals surface area contributed by atoms with E-state index in [9.17, 15) is 26.7 Å². The molecule has 0 atom stereocenters. The number of nitrogens with zero attached hydrogens (tertiary/aromatic N) is 6. The Morgan fingerprint density at radius 1 is 1.18 bits per heavy atom. The first-order chi connectivity index (χ1) is 19.1. The molecule has 1 aliphatic carbocycles. The van der Waals surface area contributed by atoms with Crippen molar-refractivity contribution in [3.63, 3.8) is 0 Å². The molecule has 1 amide bonds. The van der Waals surface area contributed by atoms with Crippen LogP contribution >= 0.6 is 0 Å². The van der Waals surface area contributed by atoms with Gasteiger partial charge >= 0.3 is 6.18 Å². The molecule has 5 rings (SSSR count). The van der Waals surface area contributed by atoms with Crippen molar-refractivity contribution in [1.29, 1.82) is 0 Å². The summed E-state index contributed by atoms with van der Waals surface area (Å²) in [5.41, 5.74) is 4.06. The standard InChI is InChI=1S/C25H29F5N8O2/c26-22(27)21-19(12-38(35-21)17-3-1-16(2-4-17)36-9-7-32-8-10-36)37(14-25(28,29)30)20-11-15(5-6-33-20)24-34-18(13-40-24)23(31)39/h5-6,11-13,16-17,22,32H,1-4,7-10,14H2,(H2,31,39). The maximum absolute atomic E-state index is 14.2. The van der Waals surface area contributed by atoms with E-state index in [1.165, 1.54) is 29.2 Å². The second-order valence-electron chi connectivity index (χ2n) is 9.93. The molecule has 1 saturated heterocycles. The molecule has 0 spiro atoms. The zero-order valence-corrected chi connectivity index (χ0v) is 21.4. The smallest absolute Gasteiger partial charge is 0.406 e. The Labute approximate surface area is 226 Å². The fourth-order valence-corrected chi connectivity index (χ4v) is 5.37. The van der Waals surface area contributed by atoms with Crippen molar-refractivity contribution in [2.75, 3.05) is 37.6 Å². The van der Waals surface area contributed by atoms with Crippen LogP contribution in [0.1, 0.15) is 54.3 Å². The van der Waals surface area contributed by atoms with Gasteiger partial charge in [-0.25, -0.2) is 18.7 Å². The van der Waals surface area contributed by atoms with E-state index >= 15 is 0 Å². The minimum Gasteiger partial charge on any atom is -0.444 e. The number of halogens is 5. The van der Waals surface area contributed by atoms with Crippen LogP contribution in [0.5, 0.6) is 0 Å². The molecule has 2 aliphatic rings. The maximum atomic E-state index is 14.2. The summed E-state index contributed by atoms with van der Waals surface area (Å²) >= 11 is 0. The van der Waals surface area contributed by atoms with Gasteiger partial charge in [0.2, 0.25) is 5.89 Å². The zero-order valence-electron chi connectivity index (χ0n) is 21.4. The van der Waals surface area contributed by atoms with Crippen molar-refractivity contribution < 1.29 is 31.2 Å². The van der Waals surface area contributed by atoms with Gasteiger partial charge in [-0.2, -0.15) is 18.3 Å². The second kappa shape index (κ2) is 11.5. The Kier molecular flexibility index (Phi) is 8.03. The van der Waals surface area contributed by atoms with Crippen molar-refractivity contribution in [2.24, 2.45) is 5.73 Å². The lowest BCUT2D eigenvalue weighted by atomic mass is 9.90. The lowest BCUT2D eigenvalue weighted by Gasteiger charge is -2.39. The molecular formula is C25H29F5N8O2. The number of carbonyl (C=O) groups is 1. The van der Waals surface area contributed by atoms with Crippen molar-refractivity contribution in [1.82, 2.24) is 30.0 Å². The fraction of sp³-hybridized carbons (Fsp3) is 0.520. The van der Waals surface area contributed by atoms with Gasteiger partial charge in [0.25, 0.3) is 12.3 Å². The van der Waals surface area contributed by atoms with Gasteiger partial charge in [-0.3, -0.25) is 14.4 Å². The summed E-state index contributed by atoms with van der Waals surface area (Å²) in [7, 11) is 0. The van der Waals surface area contributed by atoms with Gasteiger partial charge in [-0.1, -0.05) is 0 Å². The van der Waals surface area contributed by atoms with Crippen LogP contribution in [0.15, 0.2) is 35.2 Å². The number of rotatable bonds is 8. The highest BCUT2D eigenvalue weighted by Crippen LogP contribution is 2.39. The van der Waals surface area contributed by atoms with Crippen LogP contribution in [0.4, 0.5) is 33.5 Å². The normalized spacial score (nSPS) is 20.6. The van der Waals surface area contributed by atoms with E-state index in [4.69, 9.17) is 10.2 Å². The summed E-state index contributed by atoms with van der Waals surface area (Å²) in [4.78, 5) is 22.4. The Balaban J connectivity index is 1.44. The summed E-state index contributed by atoms with van der Waals surface area (Å²) in [6, 6.07) is 2.80. The largest absolute Gasteiger partial charge is 0.444 e. The number of primary amides is 1. The lowest BCUT2D eigenvalue weighted by molar-refractivity contribution is -0.118. The number of piperazine rings is 1. The van der Waals surface area contributed by atoms with E-state index in [0.717, 1.165) is 45.3 Å². The highest BCUT2D eigenvalue weighted by Gasteiger charge is 2.36. The molecule has 0 bridgehead atoms. The van der Waals surface area contributed by atoms with Gasteiger partial charge in [0.15, 0.2) is 11.4 Å². The topological polar surface area (TPSA) is 118 Å². The molecule has 1 aliphatic heterocycles. The van der Waals surface area contributed by atoms with E-state index in [-0.39, 0.29) is 34.7 Å². The zero-order chi connectivity index (χ0) is 28.4. The number of hydrogen-bond acceptors (Lipinski definition) is 8. The molecule has 3 aromatic heterocycles. The molecular weight excluding hydrogens is 539 g/mol. The number of oxazole rings is 1. The van der Waals surface area contributed by atoms with Crippen LogP contribution < -0.4 is 16.0 Å². The van der Waals surface area contributed by atoms with Gasteiger partial charge in [0.05, 0.1) is 11.7 Å². The predicted octanol–water partition coefficient (Wildman–Crippen LogP) is 4.06. The molecule has 40 heavy (non-hydrogen) atoms. The molecule has 0 radical (unpaired) electrons. The minimum atomic E-state index is -4.75. The fourth-order valence-electron chi connectivity index (χ4n) is 5.37. The van der Waals surface area contributed by atoms with Crippen LogP contribution in [0.25, 0.3) is 11.5 Å². The average molecular weight is 569 g/mol.